The second kappa shape index (κ2) is 15.4. The number of carboxylic acid groups (broad SMARTS) is 1. The quantitative estimate of drug-likeness (QED) is 0.205. The summed E-state index contributed by atoms with van der Waals surface area (Å²) in [6.45, 7) is 4.52. The third-order valence-corrected chi connectivity index (χ3v) is 6.93. The fourth-order valence-corrected chi connectivity index (χ4v) is 4.85. The van der Waals surface area contributed by atoms with Crippen molar-refractivity contribution in [3.05, 3.63) is 23.9 Å². The van der Waals surface area contributed by atoms with Crippen molar-refractivity contribution in [1.29, 1.82) is 0 Å². The molecule has 1 heterocycles. The summed E-state index contributed by atoms with van der Waals surface area (Å²) >= 11 is 0. The summed E-state index contributed by atoms with van der Waals surface area (Å²) in [6.07, 6.45) is 6.94. The first-order valence-electron chi connectivity index (χ1n) is 10.6. The van der Waals surface area contributed by atoms with E-state index in [4.69, 9.17) is 5.11 Å². The van der Waals surface area contributed by atoms with Crippen LogP contribution >= 0.6 is 21.6 Å². The molecule has 0 radical (unpaired) electrons. The zero-order chi connectivity index (χ0) is 24.8. The molecule has 0 aromatic carbocycles. The molecule has 10 nitrogen and oxygen atoms in total. The number of rotatable bonds is 6. The molecule has 1 aliphatic rings. The van der Waals surface area contributed by atoms with Gasteiger partial charge in [-0.2, -0.15) is 0 Å². The first-order chi connectivity index (χ1) is 15.6. The fraction of sp³-hybridized carbons (Fsp3) is 0.571. The van der Waals surface area contributed by atoms with Crippen molar-refractivity contribution in [3.63, 3.8) is 0 Å². The van der Waals surface area contributed by atoms with Crippen molar-refractivity contribution in [2.24, 2.45) is 5.92 Å². The Labute approximate surface area is 201 Å². The van der Waals surface area contributed by atoms with Crippen LogP contribution in [-0.2, 0) is 24.0 Å². The van der Waals surface area contributed by atoms with E-state index < -0.39 is 42.3 Å². The van der Waals surface area contributed by atoms with Crippen LogP contribution in [0.4, 0.5) is 0 Å². The maximum Gasteiger partial charge on any atom is 0.322 e. The van der Waals surface area contributed by atoms with Gasteiger partial charge in [-0.15, -0.1) is 0 Å². The molecule has 184 valence electrons. The molecule has 0 aromatic rings. The van der Waals surface area contributed by atoms with Gasteiger partial charge < -0.3 is 26.4 Å². The number of aliphatic carboxylic acids is 1. The summed E-state index contributed by atoms with van der Waals surface area (Å²) < 4.78 is 0. The molecule has 0 aromatic heterocycles. The minimum absolute atomic E-state index is 0.122. The van der Waals surface area contributed by atoms with Gasteiger partial charge in [0, 0.05) is 17.9 Å². The van der Waals surface area contributed by atoms with Crippen molar-refractivity contribution in [2.75, 3.05) is 18.1 Å². The molecule has 5 N–H and O–H groups in total. The van der Waals surface area contributed by atoms with E-state index >= 15 is 0 Å². The monoisotopic (exact) mass is 500 g/mol. The van der Waals surface area contributed by atoms with Crippen LogP contribution in [0.25, 0.3) is 0 Å². The van der Waals surface area contributed by atoms with Gasteiger partial charge in [-0.1, -0.05) is 53.7 Å². The van der Waals surface area contributed by atoms with E-state index in [1.807, 2.05) is 12.2 Å². The lowest BCUT2D eigenvalue weighted by molar-refractivity contribution is -0.137. The van der Waals surface area contributed by atoms with Gasteiger partial charge in [0.05, 0.1) is 0 Å². The molecule has 0 aliphatic carbocycles. The van der Waals surface area contributed by atoms with Gasteiger partial charge in [-0.25, -0.2) is 0 Å². The molecule has 0 unspecified atom stereocenters. The zero-order valence-corrected chi connectivity index (χ0v) is 20.6. The minimum Gasteiger partial charge on any atom is -0.480 e. The Balaban J connectivity index is 2.98. The molecule has 0 saturated carbocycles. The van der Waals surface area contributed by atoms with Crippen LogP contribution in [0.1, 0.15) is 40.0 Å². The Morgan fingerprint density at radius 1 is 1.18 bits per heavy atom. The average Bonchev–Trinajstić information content (AvgIpc) is 2.76. The normalized spacial score (nSPS) is 22.2. The Morgan fingerprint density at radius 3 is 2.52 bits per heavy atom. The van der Waals surface area contributed by atoms with Crippen LogP contribution in [0.5, 0.6) is 0 Å². The molecule has 1 rings (SSSR count). The van der Waals surface area contributed by atoms with Gasteiger partial charge in [-0.3, -0.25) is 24.0 Å². The van der Waals surface area contributed by atoms with E-state index in [1.165, 1.54) is 23.8 Å². The van der Waals surface area contributed by atoms with Crippen molar-refractivity contribution in [1.82, 2.24) is 21.3 Å². The van der Waals surface area contributed by atoms with Gasteiger partial charge in [-0.05, 0) is 25.7 Å². The SMILES string of the molecule is C/C=C(\NC(=O)[C@H]1CSSCC/C=C/CCC(=O)N[C@H](C(C)C)C(=O)N1)C(=O)NCC(=O)O. The summed E-state index contributed by atoms with van der Waals surface area (Å²) in [5.74, 6) is -2.51. The number of hydrogen-bond donors (Lipinski definition) is 5. The maximum atomic E-state index is 12.9. The molecule has 0 bridgehead atoms. The molecule has 2 atom stereocenters. The van der Waals surface area contributed by atoms with Crippen molar-refractivity contribution < 1.29 is 29.1 Å². The van der Waals surface area contributed by atoms with Crippen molar-refractivity contribution in [3.8, 4) is 0 Å². The smallest absolute Gasteiger partial charge is 0.322 e. The van der Waals surface area contributed by atoms with E-state index in [9.17, 15) is 24.0 Å². The van der Waals surface area contributed by atoms with E-state index in [-0.39, 0.29) is 29.7 Å². The molecule has 12 heteroatoms. The third kappa shape index (κ3) is 11.3. The van der Waals surface area contributed by atoms with E-state index in [2.05, 4.69) is 21.3 Å². The molecule has 0 spiro atoms. The van der Waals surface area contributed by atoms with Crippen molar-refractivity contribution >= 4 is 51.2 Å². The molecule has 1 aliphatic heterocycles. The molecule has 33 heavy (non-hydrogen) atoms. The lowest BCUT2D eigenvalue weighted by Gasteiger charge is -2.25. The third-order valence-electron chi connectivity index (χ3n) is 4.48. The number of carboxylic acids is 1. The van der Waals surface area contributed by atoms with E-state index in [1.54, 1.807) is 24.6 Å². The highest BCUT2D eigenvalue weighted by Crippen LogP contribution is 2.23. The minimum atomic E-state index is -1.22. The van der Waals surface area contributed by atoms with Gasteiger partial charge >= 0.3 is 5.97 Å². The predicted octanol–water partition coefficient (Wildman–Crippen LogP) is 0.954. The fourth-order valence-electron chi connectivity index (χ4n) is 2.70. The molecule has 0 saturated heterocycles. The van der Waals surface area contributed by atoms with Crippen LogP contribution < -0.4 is 21.3 Å². The van der Waals surface area contributed by atoms with Crippen molar-refractivity contribution in [2.45, 2.75) is 52.1 Å². The summed E-state index contributed by atoms with van der Waals surface area (Å²) in [4.78, 5) is 60.9. The second-order valence-electron chi connectivity index (χ2n) is 7.52. The highest BCUT2D eigenvalue weighted by atomic mass is 33.1. The standard InChI is InChI=1S/C21H32N4O6S2/c1-4-14(19(29)22-11-17(27)28)23-20(30)15-12-33-32-10-8-6-5-7-9-16(26)25-18(13(2)3)21(31)24-15/h4-6,13,15,18H,7-12H2,1-3H3,(H,22,29)(H,23,30)(H,24,31)(H,25,26)(H,27,28)/b6-5+,14-4-/t15-,18-/m1/s1. The lowest BCUT2D eigenvalue weighted by Crippen LogP contribution is -2.56. The van der Waals surface area contributed by atoms with Crippen LogP contribution in [0, 0.1) is 5.92 Å². The van der Waals surface area contributed by atoms with Crippen LogP contribution in [0.15, 0.2) is 23.9 Å². The first-order valence-corrected chi connectivity index (χ1v) is 13.1. The summed E-state index contributed by atoms with van der Waals surface area (Å²) in [6, 6.07) is -1.80. The molecular weight excluding hydrogens is 468 g/mol. The number of carbonyl (C=O) groups is 5. The van der Waals surface area contributed by atoms with Crippen LogP contribution in [0.3, 0.4) is 0 Å². The largest absolute Gasteiger partial charge is 0.480 e. The Hall–Kier alpha value is -2.47. The highest BCUT2D eigenvalue weighted by molar-refractivity contribution is 8.76. The predicted molar refractivity (Wildman–Crippen MR) is 129 cm³/mol. The van der Waals surface area contributed by atoms with Gasteiger partial charge in [0.1, 0.15) is 24.3 Å². The Morgan fingerprint density at radius 2 is 1.88 bits per heavy atom. The van der Waals surface area contributed by atoms with Crippen LogP contribution in [0.2, 0.25) is 0 Å². The Bertz CT molecular complexity index is 785. The summed E-state index contributed by atoms with van der Waals surface area (Å²) in [5, 5.41) is 18.8. The van der Waals surface area contributed by atoms with Gasteiger partial charge in [0.25, 0.3) is 5.91 Å². The maximum absolute atomic E-state index is 12.9. The topological polar surface area (TPSA) is 154 Å². The van der Waals surface area contributed by atoms with Gasteiger partial charge in [0.15, 0.2) is 0 Å². The first kappa shape index (κ1) is 28.6. The lowest BCUT2D eigenvalue weighted by atomic mass is 10.0. The number of amides is 4. The van der Waals surface area contributed by atoms with E-state index in [0.717, 1.165) is 12.2 Å². The molecule has 0 fully saturated rings. The van der Waals surface area contributed by atoms with E-state index in [0.29, 0.717) is 6.42 Å². The number of hydrogen-bond acceptors (Lipinski definition) is 7. The molecule has 4 amide bonds. The average molecular weight is 501 g/mol. The number of nitrogens with one attached hydrogen (secondary N) is 4. The highest BCUT2D eigenvalue weighted by Gasteiger charge is 2.29. The summed E-state index contributed by atoms with van der Waals surface area (Å²) in [7, 11) is 2.96. The molecular formula is C21H32N4O6S2. The second-order valence-corrected chi connectivity index (χ2v) is 10.2. The zero-order valence-electron chi connectivity index (χ0n) is 19.0. The van der Waals surface area contributed by atoms with Crippen LogP contribution in [-0.4, -0.2) is 64.8 Å². The summed E-state index contributed by atoms with van der Waals surface area (Å²) in [5.41, 5.74) is -0.122. The number of allylic oxidation sites excluding steroid dienone is 3. The Kier molecular flexibility index (Phi) is 13.3. The number of carbonyl (C=O) groups excluding carboxylic acids is 4. The van der Waals surface area contributed by atoms with Gasteiger partial charge in [0.2, 0.25) is 17.7 Å².